The standard InChI is InChI=1S/C19H29N3O.2ClH/c1-14(2)8-10-22-12-15-5-3-7-18(17(15)13-22)21-19(23)11-16-6-4-9-20-16;;/h3,5,7,14,16,20H,4,6,8-13H2,1-2H3,(H,21,23);2*1H. The van der Waals surface area contributed by atoms with Crippen molar-refractivity contribution in [2.24, 2.45) is 5.92 Å². The van der Waals surface area contributed by atoms with E-state index in [-0.39, 0.29) is 30.7 Å². The maximum Gasteiger partial charge on any atom is 0.225 e. The van der Waals surface area contributed by atoms with Crippen molar-refractivity contribution < 1.29 is 4.79 Å². The maximum absolute atomic E-state index is 12.3. The molecular weight excluding hydrogens is 357 g/mol. The Morgan fingerprint density at radius 1 is 1.32 bits per heavy atom. The van der Waals surface area contributed by atoms with Crippen LogP contribution in [-0.2, 0) is 17.9 Å². The number of carbonyl (C=O) groups is 1. The molecule has 4 nitrogen and oxygen atoms in total. The number of nitrogens with zero attached hydrogens (tertiary/aromatic N) is 1. The number of amides is 1. The van der Waals surface area contributed by atoms with E-state index < -0.39 is 0 Å². The fourth-order valence-corrected chi connectivity index (χ4v) is 3.56. The zero-order valence-electron chi connectivity index (χ0n) is 15.2. The fourth-order valence-electron chi connectivity index (χ4n) is 3.56. The van der Waals surface area contributed by atoms with Gasteiger partial charge in [0.25, 0.3) is 0 Å². The summed E-state index contributed by atoms with van der Waals surface area (Å²) in [6.07, 6.45) is 4.11. The summed E-state index contributed by atoms with van der Waals surface area (Å²) in [5, 5.41) is 6.54. The summed E-state index contributed by atoms with van der Waals surface area (Å²) in [6.45, 7) is 8.68. The Morgan fingerprint density at radius 3 is 2.80 bits per heavy atom. The van der Waals surface area contributed by atoms with Crippen LogP contribution in [-0.4, -0.2) is 29.9 Å². The van der Waals surface area contributed by atoms with E-state index in [2.05, 4.69) is 41.5 Å². The number of nitrogens with one attached hydrogen (secondary N) is 2. The van der Waals surface area contributed by atoms with Gasteiger partial charge in [0, 0.05) is 31.2 Å². The lowest BCUT2D eigenvalue weighted by Crippen LogP contribution is -2.27. The molecule has 1 atom stereocenters. The van der Waals surface area contributed by atoms with Crippen LogP contribution in [0.1, 0.15) is 50.7 Å². The van der Waals surface area contributed by atoms with E-state index in [0.717, 1.165) is 44.2 Å². The molecule has 6 heteroatoms. The number of rotatable bonds is 6. The first-order valence-electron chi connectivity index (χ1n) is 8.98. The fraction of sp³-hybridized carbons (Fsp3) is 0.632. The summed E-state index contributed by atoms with van der Waals surface area (Å²) in [5.74, 6) is 0.871. The number of hydrogen-bond donors (Lipinski definition) is 2. The summed E-state index contributed by atoms with van der Waals surface area (Å²) in [5.41, 5.74) is 3.69. The van der Waals surface area contributed by atoms with Gasteiger partial charge in [0.1, 0.15) is 0 Å². The van der Waals surface area contributed by atoms with Crippen molar-refractivity contribution in [3.8, 4) is 0 Å². The average molecular weight is 388 g/mol. The number of fused-ring (bicyclic) bond motifs is 1. The third-order valence-corrected chi connectivity index (χ3v) is 4.94. The Kier molecular flexibility index (Phi) is 9.22. The molecule has 1 aromatic carbocycles. The third-order valence-electron chi connectivity index (χ3n) is 4.94. The first-order valence-corrected chi connectivity index (χ1v) is 8.98. The smallest absolute Gasteiger partial charge is 0.225 e. The minimum Gasteiger partial charge on any atom is -0.326 e. The van der Waals surface area contributed by atoms with Crippen molar-refractivity contribution in [1.29, 1.82) is 0 Å². The van der Waals surface area contributed by atoms with E-state index in [4.69, 9.17) is 0 Å². The summed E-state index contributed by atoms with van der Waals surface area (Å²) in [7, 11) is 0. The van der Waals surface area contributed by atoms with Crippen LogP contribution < -0.4 is 10.6 Å². The van der Waals surface area contributed by atoms with Crippen LogP contribution in [0.5, 0.6) is 0 Å². The molecule has 2 aliphatic rings. The lowest BCUT2D eigenvalue weighted by molar-refractivity contribution is -0.116. The van der Waals surface area contributed by atoms with Gasteiger partial charge in [-0.05, 0) is 55.5 Å². The van der Waals surface area contributed by atoms with Crippen molar-refractivity contribution in [2.75, 3.05) is 18.4 Å². The molecule has 1 saturated heterocycles. The number of benzene rings is 1. The first-order chi connectivity index (χ1) is 11.1. The number of hydrogen-bond acceptors (Lipinski definition) is 3. The van der Waals surface area contributed by atoms with Crippen LogP contribution in [0.2, 0.25) is 0 Å². The predicted molar refractivity (Wildman–Crippen MR) is 109 cm³/mol. The zero-order chi connectivity index (χ0) is 16.2. The van der Waals surface area contributed by atoms with Gasteiger partial charge < -0.3 is 10.6 Å². The summed E-state index contributed by atoms with van der Waals surface area (Å²) in [6, 6.07) is 6.66. The van der Waals surface area contributed by atoms with Gasteiger partial charge in [-0.2, -0.15) is 0 Å². The quantitative estimate of drug-likeness (QED) is 0.775. The molecule has 1 aromatic rings. The highest BCUT2D eigenvalue weighted by atomic mass is 35.5. The highest BCUT2D eigenvalue weighted by molar-refractivity contribution is 5.92. The molecule has 0 saturated carbocycles. The van der Waals surface area contributed by atoms with Crippen LogP contribution >= 0.6 is 24.8 Å². The molecule has 2 N–H and O–H groups in total. The molecule has 1 unspecified atom stereocenters. The van der Waals surface area contributed by atoms with Gasteiger partial charge in [-0.15, -0.1) is 24.8 Å². The Hall–Kier alpha value is -0.810. The van der Waals surface area contributed by atoms with Crippen molar-refractivity contribution >= 4 is 36.4 Å². The predicted octanol–water partition coefficient (Wildman–Crippen LogP) is 3.97. The highest BCUT2D eigenvalue weighted by Crippen LogP contribution is 2.30. The molecule has 25 heavy (non-hydrogen) atoms. The van der Waals surface area contributed by atoms with Crippen LogP contribution in [0.15, 0.2) is 18.2 Å². The average Bonchev–Trinajstić information content (AvgIpc) is 3.14. The molecule has 2 aliphatic heterocycles. The second-order valence-electron chi connectivity index (χ2n) is 7.38. The SMILES string of the molecule is CC(C)CCN1Cc2cccc(NC(=O)CC3CCCN3)c2C1.Cl.Cl. The molecule has 0 spiro atoms. The van der Waals surface area contributed by atoms with Gasteiger partial charge in [0.2, 0.25) is 5.91 Å². The molecule has 1 amide bonds. The van der Waals surface area contributed by atoms with Gasteiger partial charge in [0.15, 0.2) is 0 Å². The van der Waals surface area contributed by atoms with E-state index in [1.807, 2.05) is 6.07 Å². The molecule has 3 rings (SSSR count). The van der Waals surface area contributed by atoms with Gasteiger partial charge in [-0.1, -0.05) is 26.0 Å². The molecule has 1 fully saturated rings. The zero-order valence-corrected chi connectivity index (χ0v) is 16.8. The highest BCUT2D eigenvalue weighted by Gasteiger charge is 2.23. The van der Waals surface area contributed by atoms with Crippen molar-refractivity contribution in [1.82, 2.24) is 10.2 Å². The van der Waals surface area contributed by atoms with Crippen molar-refractivity contribution in [3.63, 3.8) is 0 Å². The lowest BCUT2D eigenvalue weighted by Gasteiger charge is -2.16. The Labute approximate surface area is 163 Å². The monoisotopic (exact) mass is 387 g/mol. The van der Waals surface area contributed by atoms with E-state index in [9.17, 15) is 4.79 Å². The van der Waals surface area contributed by atoms with Crippen LogP contribution in [0.25, 0.3) is 0 Å². The molecule has 0 aromatic heterocycles. The second-order valence-corrected chi connectivity index (χ2v) is 7.38. The summed E-state index contributed by atoms with van der Waals surface area (Å²) >= 11 is 0. The molecule has 0 bridgehead atoms. The van der Waals surface area contributed by atoms with Gasteiger partial charge in [0.05, 0.1) is 0 Å². The first kappa shape index (κ1) is 22.2. The number of anilines is 1. The summed E-state index contributed by atoms with van der Waals surface area (Å²) in [4.78, 5) is 14.8. The summed E-state index contributed by atoms with van der Waals surface area (Å²) < 4.78 is 0. The van der Waals surface area contributed by atoms with Crippen LogP contribution in [0.4, 0.5) is 5.69 Å². The van der Waals surface area contributed by atoms with Gasteiger partial charge in [-0.3, -0.25) is 9.69 Å². The Bertz CT molecular complexity index is 560. The molecular formula is C19H31Cl2N3O. The molecule has 142 valence electrons. The third kappa shape index (κ3) is 6.14. The van der Waals surface area contributed by atoms with Crippen LogP contribution in [0.3, 0.4) is 0 Å². The molecule has 2 heterocycles. The minimum absolute atomic E-state index is 0. The van der Waals surface area contributed by atoms with E-state index in [0.29, 0.717) is 12.5 Å². The molecule has 0 radical (unpaired) electrons. The largest absolute Gasteiger partial charge is 0.326 e. The minimum atomic E-state index is 0. The molecule has 0 aliphatic carbocycles. The number of carbonyl (C=O) groups excluding carboxylic acids is 1. The normalized spacial score (nSPS) is 19.2. The van der Waals surface area contributed by atoms with Crippen LogP contribution in [0, 0.1) is 5.92 Å². The van der Waals surface area contributed by atoms with Crippen molar-refractivity contribution in [2.45, 2.75) is 58.7 Å². The Morgan fingerprint density at radius 2 is 2.12 bits per heavy atom. The van der Waals surface area contributed by atoms with Gasteiger partial charge in [-0.25, -0.2) is 0 Å². The maximum atomic E-state index is 12.3. The van der Waals surface area contributed by atoms with Gasteiger partial charge >= 0.3 is 0 Å². The second kappa shape index (κ2) is 10.4. The topological polar surface area (TPSA) is 44.4 Å². The van der Waals surface area contributed by atoms with E-state index in [1.54, 1.807) is 0 Å². The van der Waals surface area contributed by atoms with Crippen molar-refractivity contribution in [3.05, 3.63) is 29.3 Å². The number of halogens is 2. The lowest BCUT2D eigenvalue weighted by atomic mass is 10.1. The van der Waals surface area contributed by atoms with E-state index >= 15 is 0 Å². The van der Waals surface area contributed by atoms with E-state index in [1.165, 1.54) is 24.0 Å². The Balaban J connectivity index is 0.00000156.